The monoisotopic (exact) mass is 244 g/mol. The van der Waals surface area contributed by atoms with Crippen LogP contribution in [0.5, 0.6) is 0 Å². The lowest BCUT2D eigenvalue weighted by Crippen LogP contribution is -1.86. The molecule has 1 nitrogen and oxygen atoms in total. The Morgan fingerprint density at radius 2 is 1.78 bits per heavy atom. The summed E-state index contributed by atoms with van der Waals surface area (Å²) in [5.74, 6) is 10.6. The third-order valence-electron chi connectivity index (χ3n) is 2.53. The van der Waals surface area contributed by atoms with Gasteiger partial charge in [0.15, 0.2) is 0 Å². The number of hydrogen-bond acceptors (Lipinski definition) is 1. The highest BCUT2D eigenvalue weighted by Crippen LogP contribution is 2.05. The average molecular weight is 244 g/mol. The first-order valence-electron chi connectivity index (χ1n) is 6.98. The van der Waals surface area contributed by atoms with Crippen LogP contribution in [0.1, 0.15) is 65.2 Å². The summed E-state index contributed by atoms with van der Waals surface area (Å²) in [7, 11) is 0. The largest absolute Gasteiger partial charge is 0.285 e. The van der Waals surface area contributed by atoms with Crippen LogP contribution in [0.15, 0.2) is 12.2 Å². The van der Waals surface area contributed by atoms with Crippen LogP contribution in [0.4, 0.5) is 0 Å². The molecule has 0 unspecified atom stereocenters. The Kier molecular flexibility index (Phi) is 12.5. The van der Waals surface area contributed by atoms with Crippen LogP contribution in [0.2, 0.25) is 0 Å². The van der Waals surface area contributed by atoms with Crippen molar-refractivity contribution in [2.24, 2.45) is 0 Å². The zero-order valence-electron chi connectivity index (χ0n) is 11.7. The van der Waals surface area contributed by atoms with Gasteiger partial charge in [0.1, 0.15) is 0 Å². The maximum atomic E-state index is 10.8. The van der Waals surface area contributed by atoms with E-state index in [0.29, 0.717) is 6.42 Å². The summed E-state index contributed by atoms with van der Waals surface area (Å²) in [6.07, 6.45) is 13.2. The van der Waals surface area contributed by atoms with Gasteiger partial charge in [-0.05, 0) is 30.6 Å². The first-order chi connectivity index (χ1) is 8.81. The number of Topliss-reactive ketones (excluding diaryl/α,β-unsaturated/α-hetero) is 1. The van der Waals surface area contributed by atoms with Crippen molar-refractivity contribution >= 4 is 5.78 Å². The highest BCUT2D eigenvalue weighted by molar-refractivity contribution is 5.95. The summed E-state index contributed by atoms with van der Waals surface area (Å²) in [5.41, 5.74) is 0. The van der Waals surface area contributed by atoms with Gasteiger partial charge in [0, 0.05) is 12.8 Å². The number of allylic oxidation sites excluding steroid dienone is 2. The van der Waals surface area contributed by atoms with Crippen LogP contribution in [-0.2, 0) is 4.79 Å². The van der Waals surface area contributed by atoms with Crippen LogP contribution in [0.3, 0.4) is 0 Å². The van der Waals surface area contributed by atoms with Crippen molar-refractivity contribution < 1.29 is 4.79 Å². The van der Waals surface area contributed by atoms with Gasteiger partial charge >= 0.3 is 0 Å². The molecule has 0 aromatic heterocycles. The Bertz CT molecular complexity index is 355. The summed E-state index contributed by atoms with van der Waals surface area (Å²) >= 11 is 0. The molecule has 0 atom stereocenters. The number of hydrogen-bond donors (Lipinski definition) is 0. The number of carbonyl (C=O) groups excluding carboxylic acids is 1. The standard InChI is InChI=1S/C17H24O/c1-3-5-6-7-8-9-10-11-12-13-14-15-16-17(18)4-2/h10-11H,3-9,12H2,1-2H3. The second-order valence-corrected chi connectivity index (χ2v) is 4.21. The molecule has 0 spiro atoms. The van der Waals surface area contributed by atoms with Crippen molar-refractivity contribution in [2.45, 2.75) is 65.2 Å². The lowest BCUT2D eigenvalue weighted by atomic mass is 10.1. The average Bonchev–Trinajstić information content (AvgIpc) is 2.39. The molecule has 0 rings (SSSR count). The maximum Gasteiger partial charge on any atom is 0.206 e. The van der Waals surface area contributed by atoms with Crippen molar-refractivity contribution in [2.75, 3.05) is 0 Å². The minimum Gasteiger partial charge on any atom is -0.285 e. The Morgan fingerprint density at radius 3 is 2.50 bits per heavy atom. The van der Waals surface area contributed by atoms with Gasteiger partial charge in [-0.1, -0.05) is 57.6 Å². The van der Waals surface area contributed by atoms with Crippen LogP contribution in [0.25, 0.3) is 0 Å². The molecular weight excluding hydrogens is 220 g/mol. The molecule has 0 aliphatic rings. The van der Waals surface area contributed by atoms with E-state index in [-0.39, 0.29) is 5.78 Å². The van der Waals surface area contributed by atoms with Gasteiger partial charge in [0.2, 0.25) is 5.78 Å². The lowest BCUT2D eigenvalue weighted by Gasteiger charge is -1.95. The molecule has 0 aromatic rings. The smallest absolute Gasteiger partial charge is 0.206 e. The van der Waals surface area contributed by atoms with Crippen LogP contribution in [-0.4, -0.2) is 5.78 Å². The number of rotatable bonds is 8. The summed E-state index contributed by atoms with van der Waals surface area (Å²) in [6, 6.07) is 0. The molecule has 18 heavy (non-hydrogen) atoms. The molecule has 0 bridgehead atoms. The fourth-order valence-corrected chi connectivity index (χ4v) is 1.41. The minimum atomic E-state index is -0.0491. The van der Waals surface area contributed by atoms with Crippen LogP contribution >= 0.6 is 0 Å². The summed E-state index contributed by atoms with van der Waals surface area (Å²) in [4.78, 5) is 10.8. The topological polar surface area (TPSA) is 17.1 Å². The molecule has 0 radical (unpaired) electrons. The number of ketones is 1. The van der Waals surface area contributed by atoms with E-state index in [1.807, 2.05) is 0 Å². The van der Waals surface area contributed by atoms with E-state index in [2.05, 4.69) is 42.8 Å². The quantitative estimate of drug-likeness (QED) is 0.269. The highest BCUT2D eigenvalue weighted by atomic mass is 16.1. The second-order valence-electron chi connectivity index (χ2n) is 4.21. The first kappa shape index (κ1) is 16.5. The Labute approximate surface area is 112 Å². The fraction of sp³-hybridized carbons (Fsp3) is 0.588. The lowest BCUT2D eigenvalue weighted by molar-refractivity contribution is -0.113. The van der Waals surface area contributed by atoms with Crippen molar-refractivity contribution in [3.05, 3.63) is 12.2 Å². The Balaban J connectivity index is 3.50. The summed E-state index contributed by atoms with van der Waals surface area (Å²) in [5, 5.41) is 0. The molecule has 0 fully saturated rings. The molecule has 1 heteroatoms. The second kappa shape index (κ2) is 13.6. The van der Waals surface area contributed by atoms with Gasteiger partial charge in [-0.25, -0.2) is 0 Å². The van der Waals surface area contributed by atoms with Crippen molar-refractivity contribution in [3.63, 3.8) is 0 Å². The minimum absolute atomic E-state index is 0.0491. The predicted octanol–water partition coefficient (Wildman–Crippen LogP) is 4.28. The molecule has 0 aliphatic carbocycles. The SMILES string of the molecule is CCCCCCCC=CCC#CC#CC(=O)CC. The summed E-state index contributed by atoms with van der Waals surface area (Å²) < 4.78 is 0. The van der Waals surface area contributed by atoms with E-state index in [0.717, 1.165) is 12.8 Å². The number of carbonyl (C=O) groups is 1. The first-order valence-corrected chi connectivity index (χ1v) is 6.98. The van der Waals surface area contributed by atoms with Gasteiger partial charge in [0.25, 0.3) is 0 Å². The number of unbranched alkanes of at least 4 members (excludes halogenated alkanes) is 5. The van der Waals surface area contributed by atoms with Crippen LogP contribution in [0, 0.1) is 23.7 Å². The maximum absolute atomic E-state index is 10.8. The van der Waals surface area contributed by atoms with E-state index in [1.165, 1.54) is 32.1 Å². The van der Waals surface area contributed by atoms with E-state index in [4.69, 9.17) is 0 Å². The van der Waals surface area contributed by atoms with Crippen molar-refractivity contribution in [1.29, 1.82) is 0 Å². The molecule has 0 N–H and O–H groups in total. The molecule has 0 saturated carbocycles. The highest BCUT2D eigenvalue weighted by Gasteiger charge is 1.86. The van der Waals surface area contributed by atoms with Gasteiger partial charge in [-0.15, -0.1) is 0 Å². The van der Waals surface area contributed by atoms with E-state index in [1.54, 1.807) is 6.92 Å². The van der Waals surface area contributed by atoms with Gasteiger partial charge in [-0.2, -0.15) is 0 Å². The van der Waals surface area contributed by atoms with E-state index in [9.17, 15) is 4.79 Å². The third kappa shape index (κ3) is 12.6. The zero-order chi connectivity index (χ0) is 13.5. The van der Waals surface area contributed by atoms with Crippen molar-refractivity contribution in [1.82, 2.24) is 0 Å². The third-order valence-corrected chi connectivity index (χ3v) is 2.53. The Hall–Kier alpha value is -1.47. The molecule has 98 valence electrons. The molecule has 0 heterocycles. The fourth-order valence-electron chi connectivity index (χ4n) is 1.41. The van der Waals surface area contributed by atoms with E-state index < -0.39 is 0 Å². The predicted molar refractivity (Wildman–Crippen MR) is 78.0 cm³/mol. The molecule has 0 saturated heterocycles. The molecular formula is C17H24O. The van der Waals surface area contributed by atoms with Crippen LogP contribution < -0.4 is 0 Å². The molecule has 0 amide bonds. The normalized spacial score (nSPS) is 9.44. The van der Waals surface area contributed by atoms with E-state index >= 15 is 0 Å². The zero-order valence-corrected chi connectivity index (χ0v) is 11.7. The molecule has 0 aliphatic heterocycles. The van der Waals surface area contributed by atoms with Crippen molar-refractivity contribution in [3.8, 4) is 23.7 Å². The molecule has 0 aromatic carbocycles. The summed E-state index contributed by atoms with van der Waals surface area (Å²) in [6.45, 7) is 4.03. The van der Waals surface area contributed by atoms with Gasteiger partial charge in [-0.3, -0.25) is 4.79 Å². The Morgan fingerprint density at radius 1 is 1.00 bits per heavy atom. The van der Waals surface area contributed by atoms with Gasteiger partial charge < -0.3 is 0 Å². The van der Waals surface area contributed by atoms with Gasteiger partial charge in [0.05, 0.1) is 0 Å².